The van der Waals surface area contributed by atoms with Crippen molar-refractivity contribution in [2.75, 3.05) is 23.9 Å². The highest BCUT2D eigenvalue weighted by Gasteiger charge is 2.30. The molecule has 29 heavy (non-hydrogen) atoms. The summed E-state index contributed by atoms with van der Waals surface area (Å²) in [7, 11) is -3.85. The molecular weight excluding hydrogens is 384 g/mol. The van der Waals surface area contributed by atoms with Crippen molar-refractivity contribution in [3.8, 4) is 0 Å². The third-order valence-corrected chi connectivity index (χ3v) is 7.38. The Hall–Kier alpha value is -2.34. The smallest absolute Gasteiger partial charge is 0.264 e. The second-order valence-corrected chi connectivity index (χ2v) is 10.00. The lowest BCUT2D eigenvalue weighted by Crippen LogP contribution is -2.45. The SMILES string of the molecule is CC1CCN(C(=O)CN(c2ccc(C(C)C)cc2)S(=O)(=O)c2ccccc2)CC1. The van der Waals surface area contributed by atoms with E-state index >= 15 is 0 Å². The number of rotatable bonds is 6. The molecule has 0 saturated carbocycles. The molecular formula is C23H30N2O3S. The molecule has 1 amide bonds. The monoisotopic (exact) mass is 414 g/mol. The van der Waals surface area contributed by atoms with E-state index in [1.54, 1.807) is 47.4 Å². The van der Waals surface area contributed by atoms with Crippen LogP contribution in [-0.4, -0.2) is 38.9 Å². The summed E-state index contributed by atoms with van der Waals surface area (Å²) in [6, 6.07) is 15.8. The summed E-state index contributed by atoms with van der Waals surface area (Å²) in [5.74, 6) is 0.802. The van der Waals surface area contributed by atoms with E-state index in [9.17, 15) is 13.2 Å². The highest BCUT2D eigenvalue weighted by molar-refractivity contribution is 7.92. The van der Waals surface area contributed by atoms with Gasteiger partial charge in [0.1, 0.15) is 6.54 Å². The Morgan fingerprint density at radius 1 is 1.03 bits per heavy atom. The Balaban J connectivity index is 1.92. The molecule has 0 spiro atoms. The molecule has 0 unspecified atom stereocenters. The minimum Gasteiger partial charge on any atom is -0.341 e. The number of likely N-dealkylation sites (tertiary alicyclic amines) is 1. The summed E-state index contributed by atoms with van der Waals surface area (Å²) in [4.78, 5) is 14.9. The van der Waals surface area contributed by atoms with Crippen LogP contribution < -0.4 is 4.31 Å². The Morgan fingerprint density at radius 2 is 1.62 bits per heavy atom. The van der Waals surface area contributed by atoms with Crippen molar-refractivity contribution in [3.63, 3.8) is 0 Å². The second kappa shape index (κ2) is 8.99. The number of amides is 1. The van der Waals surface area contributed by atoms with Crippen molar-refractivity contribution in [2.24, 2.45) is 5.92 Å². The van der Waals surface area contributed by atoms with Gasteiger partial charge < -0.3 is 4.90 Å². The lowest BCUT2D eigenvalue weighted by Gasteiger charge is -2.32. The van der Waals surface area contributed by atoms with Crippen molar-refractivity contribution < 1.29 is 13.2 Å². The van der Waals surface area contributed by atoms with Gasteiger partial charge in [-0.1, -0.05) is 51.1 Å². The predicted octanol–water partition coefficient (Wildman–Crippen LogP) is 4.26. The van der Waals surface area contributed by atoms with Crippen LogP contribution >= 0.6 is 0 Å². The van der Waals surface area contributed by atoms with Gasteiger partial charge in [-0.15, -0.1) is 0 Å². The van der Waals surface area contributed by atoms with Gasteiger partial charge in [0.2, 0.25) is 5.91 Å². The van der Waals surface area contributed by atoms with Gasteiger partial charge in [0.25, 0.3) is 10.0 Å². The molecule has 0 radical (unpaired) electrons. The van der Waals surface area contributed by atoms with Gasteiger partial charge in [-0.2, -0.15) is 0 Å². The molecule has 0 aliphatic carbocycles. The summed E-state index contributed by atoms with van der Waals surface area (Å²) in [6.45, 7) is 7.55. The van der Waals surface area contributed by atoms with E-state index in [-0.39, 0.29) is 17.3 Å². The normalized spacial score (nSPS) is 15.5. The summed E-state index contributed by atoms with van der Waals surface area (Å²) in [5.41, 5.74) is 1.64. The number of anilines is 1. The van der Waals surface area contributed by atoms with Crippen molar-refractivity contribution >= 4 is 21.6 Å². The standard InChI is InChI=1S/C23H30N2O3S/c1-18(2)20-9-11-21(12-10-20)25(29(27,28)22-7-5-4-6-8-22)17-23(26)24-15-13-19(3)14-16-24/h4-12,18-19H,13-17H2,1-3H3. The highest BCUT2D eigenvalue weighted by atomic mass is 32.2. The number of hydrogen-bond acceptors (Lipinski definition) is 3. The summed E-state index contributed by atoms with van der Waals surface area (Å²) < 4.78 is 28.0. The van der Waals surface area contributed by atoms with E-state index in [1.807, 2.05) is 12.1 Å². The molecule has 3 rings (SSSR count). The summed E-state index contributed by atoms with van der Waals surface area (Å²) in [5, 5.41) is 0. The fourth-order valence-corrected chi connectivity index (χ4v) is 4.98. The average molecular weight is 415 g/mol. The molecule has 1 fully saturated rings. The molecule has 0 bridgehead atoms. The van der Waals surface area contributed by atoms with Crippen LogP contribution in [0.25, 0.3) is 0 Å². The molecule has 2 aromatic rings. The second-order valence-electron chi connectivity index (χ2n) is 8.13. The van der Waals surface area contributed by atoms with Crippen molar-refractivity contribution in [1.82, 2.24) is 4.90 Å². The molecule has 1 aliphatic heterocycles. The number of nitrogens with zero attached hydrogens (tertiary/aromatic N) is 2. The number of sulfonamides is 1. The van der Waals surface area contributed by atoms with Crippen LogP contribution in [0.2, 0.25) is 0 Å². The van der Waals surface area contributed by atoms with E-state index in [2.05, 4.69) is 20.8 Å². The molecule has 6 heteroatoms. The zero-order chi connectivity index (χ0) is 21.0. The van der Waals surface area contributed by atoms with E-state index in [4.69, 9.17) is 0 Å². The van der Waals surface area contributed by atoms with Gasteiger partial charge in [0, 0.05) is 13.1 Å². The first-order valence-corrected chi connectivity index (χ1v) is 11.7. The van der Waals surface area contributed by atoms with Gasteiger partial charge in [0.15, 0.2) is 0 Å². The minimum atomic E-state index is -3.85. The first-order valence-electron chi connectivity index (χ1n) is 10.2. The molecule has 1 aliphatic rings. The lowest BCUT2D eigenvalue weighted by molar-refractivity contribution is -0.130. The maximum Gasteiger partial charge on any atom is 0.264 e. The fourth-order valence-electron chi connectivity index (χ4n) is 3.54. The number of benzene rings is 2. The van der Waals surface area contributed by atoms with E-state index in [0.717, 1.165) is 18.4 Å². The number of piperidine rings is 1. The Bertz CT molecular complexity index is 916. The van der Waals surface area contributed by atoms with Crippen LogP contribution in [0.3, 0.4) is 0 Å². The van der Waals surface area contributed by atoms with Crippen LogP contribution in [0.15, 0.2) is 59.5 Å². The average Bonchev–Trinajstić information content (AvgIpc) is 2.73. The highest BCUT2D eigenvalue weighted by Crippen LogP contribution is 2.26. The largest absolute Gasteiger partial charge is 0.341 e. The zero-order valence-corrected chi connectivity index (χ0v) is 18.2. The first kappa shape index (κ1) is 21.4. The lowest BCUT2D eigenvalue weighted by atomic mass is 9.99. The van der Waals surface area contributed by atoms with E-state index < -0.39 is 10.0 Å². The summed E-state index contributed by atoms with van der Waals surface area (Å²) >= 11 is 0. The fraction of sp³-hybridized carbons (Fsp3) is 0.435. The molecule has 0 aromatic heterocycles. The van der Waals surface area contributed by atoms with Crippen LogP contribution in [0.5, 0.6) is 0 Å². The third kappa shape index (κ3) is 4.99. The molecule has 0 N–H and O–H groups in total. The molecule has 5 nitrogen and oxygen atoms in total. The van der Waals surface area contributed by atoms with Crippen LogP contribution in [0.1, 0.15) is 45.1 Å². The van der Waals surface area contributed by atoms with Gasteiger partial charge in [-0.05, 0) is 54.5 Å². The zero-order valence-electron chi connectivity index (χ0n) is 17.4. The Kier molecular flexibility index (Phi) is 6.63. The Morgan fingerprint density at radius 3 is 2.17 bits per heavy atom. The summed E-state index contributed by atoms with van der Waals surface area (Å²) in [6.07, 6.45) is 1.92. The molecule has 0 atom stereocenters. The number of carbonyl (C=O) groups excluding carboxylic acids is 1. The molecule has 156 valence electrons. The maximum absolute atomic E-state index is 13.4. The first-order chi connectivity index (χ1) is 13.8. The maximum atomic E-state index is 13.4. The third-order valence-electron chi connectivity index (χ3n) is 5.59. The van der Waals surface area contributed by atoms with E-state index in [1.165, 1.54) is 4.31 Å². The number of hydrogen-bond donors (Lipinski definition) is 0. The van der Waals surface area contributed by atoms with Crippen LogP contribution in [-0.2, 0) is 14.8 Å². The van der Waals surface area contributed by atoms with Crippen LogP contribution in [0, 0.1) is 5.92 Å². The van der Waals surface area contributed by atoms with Gasteiger partial charge in [-0.3, -0.25) is 9.10 Å². The van der Waals surface area contributed by atoms with Crippen molar-refractivity contribution in [3.05, 3.63) is 60.2 Å². The van der Waals surface area contributed by atoms with Gasteiger partial charge in [0.05, 0.1) is 10.6 Å². The van der Waals surface area contributed by atoms with Crippen molar-refractivity contribution in [2.45, 2.75) is 44.4 Å². The molecule has 1 heterocycles. The minimum absolute atomic E-state index is 0.149. The van der Waals surface area contributed by atoms with Gasteiger partial charge >= 0.3 is 0 Å². The molecule has 1 saturated heterocycles. The van der Waals surface area contributed by atoms with Gasteiger partial charge in [-0.25, -0.2) is 8.42 Å². The van der Waals surface area contributed by atoms with Crippen LogP contribution in [0.4, 0.5) is 5.69 Å². The van der Waals surface area contributed by atoms with Crippen molar-refractivity contribution in [1.29, 1.82) is 0 Å². The predicted molar refractivity (Wildman–Crippen MR) is 116 cm³/mol. The number of carbonyl (C=O) groups is 1. The Labute approximate surface area is 174 Å². The topological polar surface area (TPSA) is 57.7 Å². The molecule has 2 aromatic carbocycles. The quantitative estimate of drug-likeness (QED) is 0.709. The van der Waals surface area contributed by atoms with E-state index in [0.29, 0.717) is 30.6 Å².